The third-order valence-electron chi connectivity index (χ3n) is 4.08. The summed E-state index contributed by atoms with van der Waals surface area (Å²) in [5, 5.41) is 3.73. The number of fused-ring (bicyclic) bond motifs is 1. The van der Waals surface area contributed by atoms with E-state index in [1.807, 2.05) is 24.3 Å². The molecule has 1 amide bonds. The normalized spacial score (nSPS) is 11.2. The maximum Gasteiger partial charge on any atom is 0.272 e. The number of hydrogen-bond acceptors (Lipinski definition) is 1. The van der Waals surface area contributed by atoms with E-state index in [9.17, 15) is 9.18 Å². The van der Waals surface area contributed by atoms with Gasteiger partial charge in [0.2, 0.25) is 0 Å². The summed E-state index contributed by atoms with van der Waals surface area (Å²) < 4.78 is 15.1. The highest BCUT2D eigenvalue weighted by Crippen LogP contribution is 2.22. The zero-order valence-corrected chi connectivity index (χ0v) is 13.4. The molecule has 2 aromatic carbocycles. The molecule has 3 nitrogen and oxygen atoms in total. The van der Waals surface area contributed by atoms with E-state index >= 15 is 0 Å². The van der Waals surface area contributed by atoms with Crippen LogP contribution in [0.4, 0.5) is 10.1 Å². The van der Waals surface area contributed by atoms with Gasteiger partial charge < -0.3 is 9.88 Å². The molecular formula is C19H19FN2O. The fourth-order valence-corrected chi connectivity index (χ4v) is 2.67. The molecule has 0 aliphatic heterocycles. The number of amides is 1. The van der Waals surface area contributed by atoms with Crippen molar-refractivity contribution in [3.05, 3.63) is 65.6 Å². The van der Waals surface area contributed by atoms with E-state index in [0.717, 1.165) is 11.1 Å². The molecule has 0 bridgehead atoms. The average Bonchev–Trinajstić information content (AvgIpc) is 2.85. The molecular weight excluding hydrogens is 291 g/mol. The first-order valence-electron chi connectivity index (χ1n) is 7.62. The van der Waals surface area contributed by atoms with Gasteiger partial charge in [-0.1, -0.05) is 26.0 Å². The second kappa shape index (κ2) is 5.88. The number of rotatable bonds is 3. The Hall–Kier alpha value is -2.62. The zero-order chi connectivity index (χ0) is 16.6. The van der Waals surface area contributed by atoms with Gasteiger partial charge in [-0.3, -0.25) is 4.79 Å². The Balaban J connectivity index is 1.87. The molecule has 0 aliphatic rings. The number of aryl methyl sites for hydroxylation is 1. The third-order valence-corrected chi connectivity index (χ3v) is 4.08. The molecule has 0 aliphatic carbocycles. The maximum absolute atomic E-state index is 13.4. The topological polar surface area (TPSA) is 34.0 Å². The van der Waals surface area contributed by atoms with E-state index in [4.69, 9.17) is 0 Å². The number of halogens is 1. The molecule has 0 radical (unpaired) electrons. The number of anilines is 1. The number of hydrogen-bond donors (Lipinski definition) is 1. The molecule has 0 unspecified atom stereocenters. The van der Waals surface area contributed by atoms with E-state index in [1.165, 1.54) is 17.7 Å². The Labute approximate surface area is 134 Å². The smallest absolute Gasteiger partial charge is 0.272 e. The summed E-state index contributed by atoms with van der Waals surface area (Å²) in [5.74, 6) is -0.0656. The van der Waals surface area contributed by atoms with Crippen molar-refractivity contribution in [1.29, 1.82) is 0 Å². The molecule has 23 heavy (non-hydrogen) atoms. The fraction of sp³-hybridized carbons (Fsp3) is 0.211. The lowest BCUT2D eigenvalue weighted by molar-refractivity contribution is 0.101. The third kappa shape index (κ3) is 2.97. The lowest BCUT2D eigenvalue weighted by Gasteiger charge is -2.09. The molecule has 4 heteroatoms. The van der Waals surface area contributed by atoms with E-state index in [0.29, 0.717) is 17.1 Å². The zero-order valence-electron chi connectivity index (χ0n) is 13.4. The molecule has 118 valence electrons. The van der Waals surface area contributed by atoms with Crippen molar-refractivity contribution in [2.45, 2.75) is 19.8 Å². The number of carbonyl (C=O) groups is 1. The van der Waals surface area contributed by atoms with Gasteiger partial charge in [0, 0.05) is 18.1 Å². The Morgan fingerprint density at radius 2 is 1.78 bits per heavy atom. The van der Waals surface area contributed by atoms with Crippen LogP contribution >= 0.6 is 0 Å². The van der Waals surface area contributed by atoms with Gasteiger partial charge in [-0.05, 0) is 47.9 Å². The van der Waals surface area contributed by atoms with E-state index in [2.05, 4.69) is 19.2 Å². The van der Waals surface area contributed by atoms with Crippen LogP contribution in [0.1, 0.15) is 35.8 Å². The summed E-state index contributed by atoms with van der Waals surface area (Å²) in [7, 11) is 1.76. The maximum atomic E-state index is 13.4. The summed E-state index contributed by atoms with van der Waals surface area (Å²) in [6, 6.07) is 14.1. The second-order valence-electron chi connectivity index (χ2n) is 6.02. The number of carbonyl (C=O) groups excluding carboxylic acids is 1. The molecule has 0 saturated carbocycles. The van der Waals surface area contributed by atoms with Crippen molar-refractivity contribution in [3.8, 4) is 0 Å². The Morgan fingerprint density at radius 3 is 2.43 bits per heavy atom. The number of nitrogens with one attached hydrogen (secondary N) is 1. The average molecular weight is 310 g/mol. The molecule has 1 aromatic heterocycles. The number of benzene rings is 2. The van der Waals surface area contributed by atoms with Gasteiger partial charge in [0.1, 0.15) is 11.5 Å². The highest BCUT2D eigenvalue weighted by molar-refractivity contribution is 6.06. The molecule has 1 heterocycles. The molecule has 0 atom stereocenters. The summed E-state index contributed by atoms with van der Waals surface area (Å²) in [6.45, 7) is 4.25. The molecule has 0 saturated heterocycles. The van der Waals surface area contributed by atoms with Crippen LogP contribution in [0.15, 0.2) is 48.5 Å². The van der Waals surface area contributed by atoms with Gasteiger partial charge >= 0.3 is 0 Å². The largest absolute Gasteiger partial charge is 0.340 e. The number of aromatic nitrogens is 1. The van der Waals surface area contributed by atoms with Crippen LogP contribution in [0.25, 0.3) is 10.9 Å². The van der Waals surface area contributed by atoms with Crippen molar-refractivity contribution in [2.24, 2.45) is 7.05 Å². The predicted octanol–water partition coefficient (Wildman–Crippen LogP) is 4.69. The van der Waals surface area contributed by atoms with Crippen LogP contribution in [-0.4, -0.2) is 10.5 Å². The number of nitrogens with zero attached hydrogens (tertiary/aromatic N) is 1. The van der Waals surface area contributed by atoms with Crippen LogP contribution in [0.2, 0.25) is 0 Å². The Bertz CT molecular complexity index is 863. The summed E-state index contributed by atoms with van der Waals surface area (Å²) in [5.41, 5.74) is 3.17. The molecule has 1 N–H and O–H groups in total. The Kier molecular flexibility index (Phi) is 3.90. The first-order chi connectivity index (χ1) is 11.0. The van der Waals surface area contributed by atoms with E-state index in [1.54, 1.807) is 23.7 Å². The van der Waals surface area contributed by atoms with Gasteiger partial charge in [-0.2, -0.15) is 0 Å². The summed E-state index contributed by atoms with van der Waals surface area (Å²) in [6.07, 6.45) is 0. The van der Waals surface area contributed by atoms with Crippen LogP contribution in [0, 0.1) is 5.82 Å². The van der Waals surface area contributed by atoms with Crippen LogP contribution in [0.5, 0.6) is 0 Å². The second-order valence-corrected chi connectivity index (χ2v) is 6.02. The lowest BCUT2D eigenvalue weighted by Crippen LogP contribution is -2.15. The fourth-order valence-electron chi connectivity index (χ4n) is 2.67. The minimum atomic E-state index is -0.310. The van der Waals surface area contributed by atoms with Gasteiger partial charge in [0.05, 0.1) is 5.52 Å². The molecule has 3 rings (SSSR count). The lowest BCUT2D eigenvalue weighted by atomic mass is 10.0. The highest BCUT2D eigenvalue weighted by Gasteiger charge is 2.14. The summed E-state index contributed by atoms with van der Waals surface area (Å²) >= 11 is 0. The minimum Gasteiger partial charge on any atom is -0.340 e. The quantitative estimate of drug-likeness (QED) is 0.748. The monoisotopic (exact) mass is 310 g/mol. The summed E-state index contributed by atoms with van der Waals surface area (Å²) in [4.78, 5) is 12.5. The van der Waals surface area contributed by atoms with Gasteiger partial charge in [-0.15, -0.1) is 0 Å². The van der Waals surface area contributed by atoms with Crippen molar-refractivity contribution < 1.29 is 9.18 Å². The van der Waals surface area contributed by atoms with Gasteiger partial charge in [-0.25, -0.2) is 4.39 Å². The first-order valence-corrected chi connectivity index (χ1v) is 7.62. The van der Waals surface area contributed by atoms with E-state index in [-0.39, 0.29) is 11.7 Å². The van der Waals surface area contributed by atoms with Crippen LogP contribution < -0.4 is 5.32 Å². The van der Waals surface area contributed by atoms with Crippen LogP contribution in [-0.2, 0) is 7.05 Å². The van der Waals surface area contributed by atoms with Crippen molar-refractivity contribution in [1.82, 2.24) is 4.57 Å². The molecule has 0 fully saturated rings. The van der Waals surface area contributed by atoms with E-state index < -0.39 is 0 Å². The molecule has 0 spiro atoms. The SMILES string of the molecule is CC(C)c1ccc(NC(=O)c2cc3ccc(F)cc3n2C)cc1. The molecule has 3 aromatic rings. The predicted molar refractivity (Wildman–Crippen MR) is 91.4 cm³/mol. The van der Waals surface area contributed by atoms with Crippen molar-refractivity contribution in [3.63, 3.8) is 0 Å². The van der Waals surface area contributed by atoms with Gasteiger partial charge in [0.25, 0.3) is 5.91 Å². The van der Waals surface area contributed by atoms with Crippen molar-refractivity contribution in [2.75, 3.05) is 5.32 Å². The highest BCUT2D eigenvalue weighted by atomic mass is 19.1. The minimum absolute atomic E-state index is 0.207. The van der Waals surface area contributed by atoms with Crippen LogP contribution in [0.3, 0.4) is 0 Å². The standard InChI is InChI=1S/C19H19FN2O/c1-12(2)13-5-8-16(9-6-13)21-19(23)18-10-14-4-7-15(20)11-17(14)22(18)3/h4-12H,1-3H3,(H,21,23). The van der Waals surface area contributed by atoms with Crippen molar-refractivity contribution >= 4 is 22.5 Å². The Morgan fingerprint density at radius 1 is 1.09 bits per heavy atom. The van der Waals surface area contributed by atoms with Gasteiger partial charge in [0.15, 0.2) is 0 Å². The first kappa shape index (κ1) is 15.3.